The van der Waals surface area contributed by atoms with Crippen molar-refractivity contribution in [3.63, 3.8) is 0 Å². The van der Waals surface area contributed by atoms with Gasteiger partial charge in [0.15, 0.2) is 0 Å². The lowest BCUT2D eigenvalue weighted by Gasteiger charge is -2.56. The van der Waals surface area contributed by atoms with Crippen LogP contribution in [0.4, 0.5) is 0 Å². The Labute approximate surface area is 99.1 Å². The van der Waals surface area contributed by atoms with Gasteiger partial charge < -0.3 is 4.74 Å². The van der Waals surface area contributed by atoms with E-state index >= 15 is 0 Å². The van der Waals surface area contributed by atoms with Gasteiger partial charge >= 0.3 is 0 Å². The average Bonchev–Trinajstić information content (AvgIpc) is 2.22. The van der Waals surface area contributed by atoms with Crippen molar-refractivity contribution < 1.29 is 4.74 Å². The molecule has 16 heavy (non-hydrogen) atoms. The topological polar surface area (TPSA) is 21.3 Å². The second-order valence-electron chi connectivity index (χ2n) is 6.97. The number of nitrogens with one attached hydrogen (secondary N) is 1. The molecule has 1 N–H and O–H groups in total. The molecular formula is C14H25NO. The summed E-state index contributed by atoms with van der Waals surface area (Å²) in [6, 6.07) is 0. The highest BCUT2D eigenvalue weighted by atomic mass is 16.5. The zero-order valence-corrected chi connectivity index (χ0v) is 10.8. The van der Waals surface area contributed by atoms with Gasteiger partial charge in [0.25, 0.3) is 0 Å². The van der Waals surface area contributed by atoms with E-state index in [0.29, 0.717) is 5.41 Å². The lowest BCUT2D eigenvalue weighted by atomic mass is 9.71. The van der Waals surface area contributed by atoms with E-state index in [0.717, 1.165) is 0 Å². The molecule has 1 heterocycles. The minimum Gasteiger partial charge on any atom is -0.354 e. The van der Waals surface area contributed by atoms with Gasteiger partial charge in [0, 0.05) is 6.54 Å². The summed E-state index contributed by atoms with van der Waals surface area (Å²) < 4.78 is 6.52. The Morgan fingerprint density at radius 3 is 2.12 bits per heavy atom. The van der Waals surface area contributed by atoms with E-state index < -0.39 is 0 Å². The fraction of sp³-hybridized carbons (Fsp3) is 1.00. The highest BCUT2D eigenvalue weighted by molar-refractivity contribution is 5.00. The minimum absolute atomic E-state index is 0.0498. The Hall–Kier alpha value is -0.0800. The molecule has 1 aliphatic heterocycles. The van der Waals surface area contributed by atoms with Gasteiger partial charge in [-0.15, -0.1) is 0 Å². The van der Waals surface area contributed by atoms with Gasteiger partial charge in [-0.25, -0.2) is 0 Å². The van der Waals surface area contributed by atoms with Crippen molar-refractivity contribution in [3.05, 3.63) is 0 Å². The molecule has 0 aromatic rings. The fourth-order valence-corrected chi connectivity index (χ4v) is 3.55. The summed E-state index contributed by atoms with van der Waals surface area (Å²) in [6.07, 6.45) is 10.2. The second-order valence-corrected chi connectivity index (χ2v) is 6.97. The van der Waals surface area contributed by atoms with Gasteiger partial charge in [-0.05, 0) is 56.8 Å². The molecule has 0 amide bonds. The first-order chi connectivity index (χ1) is 7.54. The van der Waals surface area contributed by atoms with Crippen LogP contribution in [-0.4, -0.2) is 17.9 Å². The predicted octanol–water partition coefficient (Wildman–Crippen LogP) is 3.22. The molecule has 0 bridgehead atoms. The third-order valence-electron chi connectivity index (χ3n) is 5.12. The van der Waals surface area contributed by atoms with Crippen molar-refractivity contribution in [2.75, 3.05) is 6.54 Å². The third-order valence-corrected chi connectivity index (χ3v) is 5.12. The van der Waals surface area contributed by atoms with Crippen LogP contribution >= 0.6 is 0 Å². The van der Waals surface area contributed by atoms with Crippen molar-refractivity contribution in [1.82, 2.24) is 5.32 Å². The summed E-state index contributed by atoms with van der Waals surface area (Å²) in [6.45, 7) is 5.95. The van der Waals surface area contributed by atoms with E-state index in [-0.39, 0.29) is 11.3 Å². The SMILES string of the molecule is CC1(C)CCC2(CC1)NCCC1(CCC1)O2. The molecule has 0 radical (unpaired) electrons. The van der Waals surface area contributed by atoms with Crippen LogP contribution in [0.15, 0.2) is 0 Å². The summed E-state index contributed by atoms with van der Waals surface area (Å²) in [5.74, 6) is 0. The number of rotatable bonds is 0. The van der Waals surface area contributed by atoms with E-state index in [1.165, 1.54) is 57.9 Å². The normalized spacial score (nSPS) is 34.9. The number of hydrogen-bond donors (Lipinski definition) is 1. The van der Waals surface area contributed by atoms with Gasteiger partial charge in [0.2, 0.25) is 0 Å². The molecule has 0 aromatic carbocycles. The molecule has 2 saturated carbocycles. The molecule has 3 aliphatic rings. The van der Waals surface area contributed by atoms with Gasteiger partial charge in [-0.2, -0.15) is 0 Å². The molecular weight excluding hydrogens is 198 g/mol. The summed E-state index contributed by atoms with van der Waals surface area (Å²) in [5.41, 5.74) is 0.863. The number of ether oxygens (including phenoxy) is 1. The van der Waals surface area contributed by atoms with Crippen molar-refractivity contribution in [1.29, 1.82) is 0 Å². The Morgan fingerprint density at radius 1 is 0.875 bits per heavy atom. The van der Waals surface area contributed by atoms with Crippen LogP contribution in [0, 0.1) is 5.41 Å². The van der Waals surface area contributed by atoms with Crippen LogP contribution in [0.3, 0.4) is 0 Å². The van der Waals surface area contributed by atoms with Crippen LogP contribution in [0.1, 0.15) is 65.2 Å². The standard InChI is InChI=1S/C14H25NO/c1-12(2)6-8-14(9-7-12)15-11-10-13(16-14)4-3-5-13/h15H,3-11H2,1-2H3. The first-order valence-electron chi connectivity index (χ1n) is 6.99. The molecule has 2 heteroatoms. The smallest absolute Gasteiger partial charge is 0.120 e. The lowest BCUT2D eigenvalue weighted by molar-refractivity contribution is -0.246. The maximum atomic E-state index is 6.52. The molecule has 0 atom stereocenters. The first kappa shape index (κ1) is 11.0. The maximum Gasteiger partial charge on any atom is 0.120 e. The molecule has 0 aromatic heterocycles. The lowest BCUT2D eigenvalue weighted by Crippen LogP contribution is -2.63. The Bertz CT molecular complexity index is 270. The van der Waals surface area contributed by atoms with Gasteiger partial charge in [-0.3, -0.25) is 5.32 Å². The third kappa shape index (κ3) is 1.80. The Kier molecular flexibility index (Phi) is 2.38. The largest absolute Gasteiger partial charge is 0.354 e. The molecule has 92 valence electrons. The van der Waals surface area contributed by atoms with Crippen LogP contribution in [-0.2, 0) is 4.74 Å². The average molecular weight is 223 g/mol. The van der Waals surface area contributed by atoms with Gasteiger partial charge in [0.1, 0.15) is 5.72 Å². The van der Waals surface area contributed by atoms with Crippen molar-refractivity contribution >= 4 is 0 Å². The van der Waals surface area contributed by atoms with Crippen molar-refractivity contribution in [3.8, 4) is 0 Å². The molecule has 2 spiro atoms. The van der Waals surface area contributed by atoms with Crippen molar-refractivity contribution in [2.24, 2.45) is 5.41 Å². The summed E-state index contributed by atoms with van der Waals surface area (Å²) in [7, 11) is 0. The van der Waals surface area contributed by atoms with Crippen molar-refractivity contribution in [2.45, 2.75) is 76.5 Å². The van der Waals surface area contributed by atoms with E-state index in [9.17, 15) is 0 Å². The molecule has 0 unspecified atom stereocenters. The highest BCUT2D eigenvalue weighted by Crippen LogP contribution is 2.49. The van der Waals surface area contributed by atoms with Crippen LogP contribution < -0.4 is 5.32 Å². The van der Waals surface area contributed by atoms with Gasteiger partial charge in [0.05, 0.1) is 5.60 Å². The molecule has 2 nitrogen and oxygen atoms in total. The van der Waals surface area contributed by atoms with E-state index in [1.54, 1.807) is 0 Å². The monoisotopic (exact) mass is 223 g/mol. The van der Waals surface area contributed by atoms with E-state index in [2.05, 4.69) is 19.2 Å². The number of hydrogen-bond acceptors (Lipinski definition) is 2. The van der Waals surface area contributed by atoms with Gasteiger partial charge in [-0.1, -0.05) is 13.8 Å². The Morgan fingerprint density at radius 2 is 1.56 bits per heavy atom. The molecule has 2 aliphatic carbocycles. The quantitative estimate of drug-likeness (QED) is 0.681. The minimum atomic E-state index is 0.0498. The summed E-state index contributed by atoms with van der Waals surface area (Å²) in [4.78, 5) is 0. The first-order valence-corrected chi connectivity index (χ1v) is 6.99. The predicted molar refractivity (Wildman–Crippen MR) is 65.3 cm³/mol. The zero-order chi connectivity index (χ0) is 11.3. The fourth-order valence-electron chi connectivity index (χ4n) is 3.55. The highest BCUT2D eigenvalue weighted by Gasteiger charge is 2.50. The van der Waals surface area contributed by atoms with Crippen LogP contribution in [0.2, 0.25) is 0 Å². The Balaban J connectivity index is 1.69. The molecule has 3 fully saturated rings. The maximum absolute atomic E-state index is 6.52. The zero-order valence-electron chi connectivity index (χ0n) is 10.8. The molecule has 1 saturated heterocycles. The van der Waals surface area contributed by atoms with Crippen LogP contribution in [0.5, 0.6) is 0 Å². The molecule has 3 rings (SSSR count). The van der Waals surface area contributed by atoms with E-state index in [1.807, 2.05) is 0 Å². The van der Waals surface area contributed by atoms with E-state index in [4.69, 9.17) is 4.74 Å². The summed E-state index contributed by atoms with van der Waals surface area (Å²) in [5, 5.41) is 3.67. The van der Waals surface area contributed by atoms with Crippen LogP contribution in [0.25, 0.3) is 0 Å². The summed E-state index contributed by atoms with van der Waals surface area (Å²) >= 11 is 0. The second kappa shape index (κ2) is 3.46.